The molecule has 6 heteroatoms. The highest BCUT2D eigenvalue weighted by Crippen LogP contribution is 2.01. The van der Waals surface area contributed by atoms with E-state index in [2.05, 4.69) is 5.32 Å². The number of hydrogen-bond acceptors (Lipinski definition) is 3. The maximum atomic E-state index is 11.6. The lowest BCUT2D eigenvalue weighted by molar-refractivity contribution is -0.143. The summed E-state index contributed by atoms with van der Waals surface area (Å²) in [4.78, 5) is 33.9. The number of hydrogen-bond donors (Lipinski definition) is 2. The van der Waals surface area contributed by atoms with Crippen LogP contribution in [0.3, 0.4) is 0 Å². The number of nitrogens with one attached hydrogen (secondary N) is 1. The van der Waals surface area contributed by atoms with Crippen LogP contribution in [0.1, 0.15) is 13.8 Å². The highest BCUT2D eigenvalue weighted by atomic mass is 16.4. The lowest BCUT2D eigenvalue weighted by Gasteiger charge is -2.18. The topological polar surface area (TPSA) is 88.4 Å². The number of nitrogens with zero attached hydrogens (tertiary/aromatic N) is 1. The van der Waals surface area contributed by atoms with E-state index in [0.717, 1.165) is 0 Å². The molecule has 0 saturated carbocycles. The molecule has 0 aliphatic heterocycles. The number of carboxylic acid groups (broad SMARTS) is 1. The Balaban J connectivity index is 2.70. The fraction of sp³-hybridized carbons (Fsp3) is 0.417. The van der Waals surface area contributed by atoms with E-state index in [-0.39, 0.29) is 18.0 Å². The van der Waals surface area contributed by atoms with Crippen molar-refractivity contribution in [2.24, 2.45) is 5.92 Å². The van der Waals surface area contributed by atoms with Gasteiger partial charge in [0.25, 0.3) is 5.56 Å². The normalized spacial score (nSPS) is 12.2. The van der Waals surface area contributed by atoms with E-state index in [1.807, 2.05) is 0 Å². The molecule has 0 bridgehead atoms. The molecular weight excluding hydrogens is 236 g/mol. The number of pyridine rings is 1. The van der Waals surface area contributed by atoms with Gasteiger partial charge in [0.15, 0.2) is 0 Å². The zero-order chi connectivity index (χ0) is 13.7. The fourth-order valence-electron chi connectivity index (χ4n) is 1.48. The number of carboxylic acids is 1. The summed E-state index contributed by atoms with van der Waals surface area (Å²) >= 11 is 0. The lowest BCUT2D eigenvalue weighted by Crippen LogP contribution is -2.46. The quantitative estimate of drug-likeness (QED) is 0.776. The number of rotatable bonds is 5. The molecule has 0 aliphatic rings. The van der Waals surface area contributed by atoms with Gasteiger partial charge in [-0.2, -0.15) is 0 Å². The summed E-state index contributed by atoms with van der Waals surface area (Å²) in [6, 6.07) is 3.60. The van der Waals surface area contributed by atoms with Gasteiger partial charge in [-0.15, -0.1) is 0 Å². The molecule has 1 heterocycles. The molecule has 1 rings (SSSR count). The number of carbonyl (C=O) groups is 2. The minimum absolute atomic E-state index is 0.184. The summed E-state index contributed by atoms with van der Waals surface area (Å²) in [5.41, 5.74) is -0.302. The highest BCUT2D eigenvalue weighted by molar-refractivity contribution is 5.83. The first-order valence-corrected chi connectivity index (χ1v) is 5.59. The summed E-state index contributed by atoms with van der Waals surface area (Å²) in [6.07, 6.45) is 1.48. The minimum atomic E-state index is -1.08. The van der Waals surface area contributed by atoms with Crippen LogP contribution < -0.4 is 10.9 Å². The van der Waals surface area contributed by atoms with Gasteiger partial charge in [0.05, 0.1) is 0 Å². The number of aromatic nitrogens is 1. The number of carbonyl (C=O) groups excluding carboxylic acids is 1. The molecule has 0 aliphatic carbocycles. The third-order valence-electron chi connectivity index (χ3n) is 2.46. The maximum absolute atomic E-state index is 11.6. The molecule has 0 fully saturated rings. The van der Waals surface area contributed by atoms with Gasteiger partial charge in [-0.3, -0.25) is 9.59 Å². The van der Waals surface area contributed by atoms with Gasteiger partial charge in [0, 0.05) is 12.3 Å². The van der Waals surface area contributed by atoms with Gasteiger partial charge in [0.1, 0.15) is 12.6 Å². The van der Waals surface area contributed by atoms with Crippen LogP contribution in [0.5, 0.6) is 0 Å². The van der Waals surface area contributed by atoms with E-state index in [1.165, 1.54) is 16.8 Å². The Morgan fingerprint density at radius 3 is 2.56 bits per heavy atom. The highest BCUT2D eigenvalue weighted by Gasteiger charge is 2.23. The van der Waals surface area contributed by atoms with Crippen molar-refractivity contribution in [3.05, 3.63) is 34.7 Å². The van der Waals surface area contributed by atoms with Gasteiger partial charge >= 0.3 is 5.97 Å². The molecular formula is C12H16N2O4. The first-order chi connectivity index (χ1) is 8.41. The average Bonchev–Trinajstić information content (AvgIpc) is 2.28. The molecule has 1 atom stereocenters. The van der Waals surface area contributed by atoms with Crippen molar-refractivity contribution >= 4 is 11.9 Å². The molecule has 0 spiro atoms. The first kappa shape index (κ1) is 14.0. The van der Waals surface area contributed by atoms with E-state index in [0.29, 0.717) is 0 Å². The van der Waals surface area contributed by atoms with E-state index in [9.17, 15) is 14.4 Å². The molecule has 98 valence electrons. The second-order valence-electron chi connectivity index (χ2n) is 4.29. The Kier molecular flexibility index (Phi) is 4.65. The number of aliphatic carboxylic acids is 1. The second kappa shape index (κ2) is 6.00. The van der Waals surface area contributed by atoms with Gasteiger partial charge in [-0.1, -0.05) is 19.9 Å². The van der Waals surface area contributed by atoms with Crippen molar-refractivity contribution in [3.63, 3.8) is 0 Å². The summed E-state index contributed by atoms with van der Waals surface area (Å²) < 4.78 is 1.22. The molecule has 1 amide bonds. The van der Waals surface area contributed by atoms with E-state index >= 15 is 0 Å². The zero-order valence-electron chi connectivity index (χ0n) is 10.3. The van der Waals surface area contributed by atoms with Crippen LogP contribution in [0.15, 0.2) is 29.2 Å². The molecule has 0 aromatic carbocycles. The molecule has 18 heavy (non-hydrogen) atoms. The molecule has 2 N–H and O–H groups in total. The summed E-state index contributed by atoms with van der Waals surface area (Å²) in [5.74, 6) is -1.80. The van der Waals surface area contributed by atoms with E-state index in [1.54, 1.807) is 26.0 Å². The summed E-state index contributed by atoms with van der Waals surface area (Å²) in [7, 11) is 0. The molecule has 0 saturated heterocycles. The predicted molar refractivity (Wildman–Crippen MR) is 65.1 cm³/mol. The lowest BCUT2D eigenvalue weighted by atomic mass is 10.1. The van der Waals surface area contributed by atoms with Crippen LogP contribution in [0.2, 0.25) is 0 Å². The van der Waals surface area contributed by atoms with Crippen LogP contribution in [-0.4, -0.2) is 27.6 Å². The van der Waals surface area contributed by atoms with E-state index < -0.39 is 17.9 Å². The monoisotopic (exact) mass is 252 g/mol. The molecule has 1 aromatic rings. The predicted octanol–water partition coefficient (Wildman–Crippen LogP) is 0.0737. The van der Waals surface area contributed by atoms with E-state index in [4.69, 9.17) is 5.11 Å². The summed E-state index contributed by atoms with van der Waals surface area (Å²) in [6.45, 7) is 3.22. The fourth-order valence-corrected chi connectivity index (χ4v) is 1.48. The SMILES string of the molecule is CC(C)[C@@H](NC(=O)Cn1ccccc1=O)C(=O)O. The Hall–Kier alpha value is -2.11. The maximum Gasteiger partial charge on any atom is 0.326 e. The van der Waals surface area contributed by atoms with Crippen LogP contribution in [0.4, 0.5) is 0 Å². The van der Waals surface area contributed by atoms with Crippen molar-refractivity contribution in [1.82, 2.24) is 9.88 Å². The van der Waals surface area contributed by atoms with Crippen LogP contribution in [0, 0.1) is 5.92 Å². The third kappa shape index (κ3) is 3.73. The van der Waals surface area contributed by atoms with Gasteiger partial charge < -0.3 is 15.0 Å². The first-order valence-electron chi connectivity index (χ1n) is 5.59. The third-order valence-corrected chi connectivity index (χ3v) is 2.46. The van der Waals surface area contributed by atoms with Crippen molar-refractivity contribution in [2.45, 2.75) is 26.4 Å². The Labute approximate surface area is 104 Å². The van der Waals surface area contributed by atoms with Crippen molar-refractivity contribution in [1.29, 1.82) is 0 Å². The zero-order valence-corrected chi connectivity index (χ0v) is 10.3. The molecule has 0 radical (unpaired) electrons. The van der Waals surface area contributed by atoms with Crippen molar-refractivity contribution in [3.8, 4) is 0 Å². The van der Waals surface area contributed by atoms with Gasteiger partial charge in [0.2, 0.25) is 5.91 Å². The Morgan fingerprint density at radius 1 is 1.39 bits per heavy atom. The number of amides is 1. The summed E-state index contributed by atoms with van der Waals surface area (Å²) in [5, 5.41) is 11.3. The van der Waals surface area contributed by atoms with Gasteiger partial charge in [-0.25, -0.2) is 4.79 Å². The van der Waals surface area contributed by atoms with Crippen molar-refractivity contribution < 1.29 is 14.7 Å². The Morgan fingerprint density at radius 2 is 2.06 bits per heavy atom. The largest absolute Gasteiger partial charge is 0.480 e. The average molecular weight is 252 g/mol. The Bertz CT molecular complexity index is 493. The smallest absolute Gasteiger partial charge is 0.326 e. The molecule has 0 unspecified atom stereocenters. The van der Waals surface area contributed by atoms with Gasteiger partial charge in [-0.05, 0) is 12.0 Å². The van der Waals surface area contributed by atoms with Crippen LogP contribution >= 0.6 is 0 Å². The standard InChI is InChI=1S/C12H16N2O4/c1-8(2)11(12(17)18)13-9(15)7-14-6-4-3-5-10(14)16/h3-6,8,11H,7H2,1-2H3,(H,13,15)(H,17,18)/t11-/m1/s1. The molecule has 1 aromatic heterocycles. The second-order valence-corrected chi connectivity index (χ2v) is 4.29. The minimum Gasteiger partial charge on any atom is -0.480 e. The van der Waals surface area contributed by atoms with Crippen LogP contribution in [-0.2, 0) is 16.1 Å². The molecule has 6 nitrogen and oxygen atoms in total. The van der Waals surface area contributed by atoms with Crippen molar-refractivity contribution in [2.75, 3.05) is 0 Å². The van der Waals surface area contributed by atoms with Crippen LogP contribution in [0.25, 0.3) is 0 Å².